The number of esters is 2. The Morgan fingerprint density at radius 1 is 0.831 bits per heavy atom. The minimum atomic E-state index is -2.03. The Kier molecular flexibility index (Phi) is 27.9. The zero-order valence-corrected chi connectivity index (χ0v) is 49.6. The number of nitrogens with zero attached hydrogens (tertiary/aromatic N) is 2. The molecule has 71 heavy (non-hydrogen) atoms. The SMILES string of the molecule is C=CCOC(=O)CCCCCCCCCCCCCCCOC(=O)c1c(CCC[C@@H](C)O[Si](C)(C)C(C)(C)C)nc(=O)n2c1CC[C@H]2CC1(CC/C=C\[C@H](CC)O[Si](C(C)C)(C(C)C)C(C)C)OCCO1. The molecule has 1 aromatic heterocycles. The van der Waals surface area contributed by atoms with E-state index in [4.69, 9.17) is 27.8 Å². The van der Waals surface area contributed by atoms with Gasteiger partial charge in [-0.1, -0.05) is 165 Å². The number of fused-ring (bicyclic) bond motifs is 1. The van der Waals surface area contributed by atoms with Crippen LogP contribution in [0.15, 0.2) is 29.6 Å². The fourth-order valence-corrected chi connectivity index (χ4v) is 18.1. The summed E-state index contributed by atoms with van der Waals surface area (Å²) in [6.45, 7) is 34.9. The summed E-state index contributed by atoms with van der Waals surface area (Å²) in [5, 5.41) is 0.110. The molecule has 1 aromatic rings. The van der Waals surface area contributed by atoms with E-state index in [0.717, 1.165) is 63.5 Å². The third-order valence-electron chi connectivity index (χ3n) is 15.9. The summed E-state index contributed by atoms with van der Waals surface area (Å²) in [4.78, 5) is 44.6. The second-order valence-electron chi connectivity index (χ2n) is 23.4. The predicted octanol–water partition coefficient (Wildman–Crippen LogP) is 15.3. The summed E-state index contributed by atoms with van der Waals surface area (Å²) < 4.78 is 39.5. The molecule has 13 heteroatoms. The van der Waals surface area contributed by atoms with Crippen molar-refractivity contribution in [2.24, 2.45) is 0 Å². The molecule has 0 bridgehead atoms. The summed E-state index contributed by atoms with van der Waals surface area (Å²) in [7, 11) is -3.98. The summed E-state index contributed by atoms with van der Waals surface area (Å²) in [6.07, 6.45) is 27.8. The molecule has 0 unspecified atom stereocenters. The molecular weight excluding hydrogens is 925 g/mol. The fraction of sp³-hybridized carbons (Fsp3) is 0.828. The highest BCUT2D eigenvalue weighted by Gasteiger charge is 2.46. The van der Waals surface area contributed by atoms with Crippen LogP contribution in [0.2, 0.25) is 34.8 Å². The van der Waals surface area contributed by atoms with Crippen molar-refractivity contribution in [3.8, 4) is 0 Å². The van der Waals surface area contributed by atoms with Crippen LogP contribution in [0, 0.1) is 0 Å². The third kappa shape index (κ3) is 20.0. The molecule has 0 radical (unpaired) electrons. The van der Waals surface area contributed by atoms with Gasteiger partial charge in [-0.3, -0.25) is 9.36 Å². The maximum absolute atomic E-state index is 14.2. The number of carbonyl (C=O) groups is 2. The van der Waals surface area contributed by atoms with E-state index >= 15 is 0 Å². The van der Waals surface area contributed by atoms with Crippen molar-refractivity contribution < 1.29 is 37.4 Å². The first-order valence-corrected chi connectivity index (χ1v) is 33.6. The Balaban J connectivity index is 1.62. The van der Waals surface area contributed by atoms with E-state index in [1.165, 1.54) is 51.4 Å². The van der Waals surface area contributed by atoms with Gasteiger partial charge >= 0.3 is 17.6 Å². The normalized spacial score (nSPS) is 17.2. The third-order valence-corrected chi connectivity index (χ3v) is 26.6. The number of unbranched alkanes of at least 4 members (excludes halogenated alkanes) is 12. The van der Waals surface area contributed by atoms with Crippen LogP contribution in [0.5, 0.6) is 0 Å². The molecule has 3 heterocycles. The summed E-state index contributed by atoms with van der Waals surface area (Å²) in [6, 6.07) is -0.205. The van der Waals surface area contributed by atoms with Crippen molar-refractivity contribution in [3.05, 3.63) is 52.2 Å². The summed E-state index contributed by atoms with van der Waals surface area (Å²) in [5.41, 5.74) is 3.02. The van der Waals surface area contributed by atoms with Gasteiger partial charge in [0.1, 0.15) is 12.2 Å². The Morgan fingerprint density at radius 3 is 1.93 bits per heavy atom. The van der Waals surface area contributed by atoms with Gasteiger partial charge in [0.25, 0.3) is 0 Å². The molecule has 0 amide bonds. The first kappa shape index (κ1) is 62.9. The molecule has 3 rings (SSSR count). The molecule has 2 aliphatic heterocycles. The number of aryl methyl sites for hydroxylation is 1. The monoisotopic (exact) mass is 1030 g/mol. The highest BCUT2D eigenvalue weighted by atomic mass is 28.4. The highest BCUT2D eigenvalue weighted by molar-refractivity contribution is 6.77. The van der Waals surface area contributed by atoms with Gasteiger partial charge in [-0.15, -0.1) is 0 Å². The van der Waals surface area contributed by atoms with Crippen LogP contribution in [0.4, 0.5) is 0 Å². The molecule has 11 nitrogen and oxygen atoms in total. The number of aromatic nitrogens is 2. The van der Waals surface area contributed by atoms with Crippen molar-refractivity contribution in [1.82, 2.24) is 9.55 Å². The van der Waals surface area contributed by atoms with Crippen molar-refractivity contribution in [3.63, 3.8) is 0 Å². The number of hydrogen-bond acceptors (Lipinski definition) is 10. The van der Waals surface area contributed by atoms with Crippen LogP contribution in [0.1, 0.15) is 239 Å². The molecule has 0 saturated carbocycles. The second kappa shape index (κ2) is 31.5. The number of ether oxygens (including phenoxy) is 4. The Morgan fingerprint density at radius 2 is 1.39 bits per heavy atom. The Hall–Kier alpha value is -2.43. The molecule has 1 fully saturated rings. The van der Waals surface area contributed by atoms with E-state index < -0.39 is 22.4 Å². The standard InChI is InChI=1S/C58H104N2O9Si2/c1-15-40-64-53(61)36-28-26-24-22-20-18-17-19-21-23-25-27-31-41-65-55(62)54-51(35-32-33-48(9)68-70(13,14)57(10,11)12)59-56(63)60-49(37-38-52(54)60)44-58(66-42-43-67-58)39-30-29-34-50(16-2)69-71(45(3)4,46(5)6)47(7)8/h15,29,34,45-50H,1,16-28,30-33,35-44H2,2-14H3/b34-29-/t48-,49+,50+/m1/s1. The van der Waals surface area contributed by atoms with Gasteiger partial charge in [-0.25, -0.2) is 9.59 Å². The number of allylic oxidation sites excluding steroid dienone is 1. The maximum Gasteiger partial charge on any atom is 0.348 e. The quantitative estimate of drug-likeness (QED) is 0.0275. The molecular formula is C58H104N2O9Si2. The smallest absolute Gasteiger partial charge is 0.348 e. The molecule has 3 atom stereocenters. The van der Waals surface area contributed by atoms with Crippen LogP contribution in [-0.2, 0) is 45.4 Å². The molecule has 0 aromatic carbocycles. The van der Waals surface area contributed by atoms with Crippen molar-refractivity contribution in [1.29, 1.82) is 0 Å². The predicted molar refractivity (Wildman–Crippen MR) is 296 cm³/mol. The molecule has 1 saturated heterocycles. The average molecular weight is 1030 g/mol. The second-order valence-corrected chi connectivity index (χ2v) is 33.6. The summed E-state index contributed by atoms with van der Waals surface area (Å²) >= 11 is 0. The van der Waals surface area contributed by atoms with Gasteiger partial charge in [0, 0.05) is 37.1 Å². The van der Waals surface area contributed by atoms with E-state index in [2.05, 4.69) is 113 Å². The zero-order chi connectivity index (χ0) is 52.7. The Bertz CT molecular complexity index is 1790. The van der Waals surface area contributed by atoms with Gasteiger partial charge in [-0.2, -0.15) is 4.98 Å². The first-order chi connectivity index (χ1) is 33.6. The summed E-state index contributed by atoms with van der Waals surface area (Å²) in [5.74, 6) is -1.31. The first-order valence-electron chi connectivity index (χ1n) is 28.5. The van der Waals surface area contributed by atoms with E-state index in [0.29, 0.717) is 92.8 Å². The Labute approximate surface area is 435 Å². The maximum atomic E-state index is 14.2. The lowest BCUT2D eigenvalue weighted by Gasteiger charge is -2.44. The lowest BCUT2D eigenvalue weighted by Crippen LogP contribution is -2.49. The average Bonchev–Trinajstić information content (AvgIpc) is 3.94. The highest BCUT2D eigenvalue weighted by Crippen LogP contribution is 2.44. The number of rotatable bonds is 37. The van der Waals surface area contributed by atoms with Crippen molar-refractivity contribution in [2.75, 3.05) is 26.4 Å². The van der Waals surface area contributed by atoms with Crippen LogP contribution in [-0.4, -0.2) is 82.5 Å². The number of hydrogen-bond donors (Lipinski definition) is 0. The van der Waals surface area contributed by atoms with Gasteiger partial charge in [0.05, 0.1) is 31.6 Å². The van der Waals surface area contributed by atoms with E-state index in [1.54, 1.807) is 10.6 Å². The van der Waals surface area contributed by atoms with Gasteiger partial charge in [-0.05, 0) is 99.5 Å². The molecule has 0 N–H and O–H groups in total. The molecule has 0 aliphatic carbocycles. The van der Waals surface area contributed by atoms with Crippen LogP contribution in [0.25, 0.3) is 0 Å². The van der Waals surface area contributed by atoms with E-state index in [-0.39, 0.29) is 40.9 Å². The largest absolute Gasteiger partial charge is 0.462 e. The van der Waals surface area contributed by atoms with Gasteiger partial charge in [0.2, 0.25) is 8.32 Å². The fourth-order valence-electron chi connectivity index (χ4n) is 11.1. The minimum Gasteiger partial charge on any atom is -0.462 e. The van der Waals surface area contributed by atoms with Gasteiger partial charge in [0.15, 0.2) is 14.1 Å². The molecule has 408 valence electrons. The van der Waals surface area contributed by atoms with Crippen LogP contribution >= 0.6 is 0 Å². The minimum absolute atomic E-state index is 0.0633. The van der Waals surface area contributed by atoms with Crippen molar-refractivity contribution in [2.45, 2.75) is 283 Å². The molecule has 0 spiro atoms. The zero-order valence-electron chi connectivity index (χ0n) is 47.6. The lowest BCUT2D eigenvalue weighted by molar-refractivity contribution is -0.172. The van der Waals surface area contributed by atoms with E-state index in [1.807, 2.05) is 0 Å². The van der Waals surface area contributed by atoms with Crippen molar-refractivity contribution >= 4 is 28.6 Å². The lowest BCUT2D eigenvalue weighted by atomic mass is 9.99. The van der Waals surface area contributed by atoms with Crippen LogP contribution < -0.4 is 5.69 Å². The molecule has 2 aliphatic rings. The van der Waals surface area contributed by atoms with Gasteiger partial charge < -0.3 is 27.8 Å². The number of carbonyl (C=O) groups excluding carboxylic acids is 2. The van der Waals surface area contributed by atoms with E-state index in [9.17, 15) is 14.4 Å². The topological polar surface area (TPSA) is 124 Å². The van der Waals surface area contributed by atoms with Crippen LogP contribution in [0.3, 0.4) is 0 Å².